The second kappa shape index (κ2) is 8.29. The van der Waals surface area contributed by atoms with E-state index in [2.05, 4.69) is 5.32 Å². The van der Waals surface area contributed by atoms with E-state index in [1.165, 1.54) is 29.4 Å². The lowest BCUT2D eigenvalue weighted by atomic mass is 10.0. The summed E-state index contributed by atoms with van der Waals surface area (Å²) in [6.45, 7) is 6.18. The molecule has 7 heteroatoms. The van der Waals surface area contributed by atoms with Gasteiger partial charge in [-0.3, -0.25) is 0 Å². The number of furan rings is 1. The minimum atomic E-state index is -4.47. The molecular formula is C19H23F3N2O2. The molecule has 0 spiro atoms. The molecule has 1 N–H and O–H groups in total. The number of nitrogens with one attached hydrogen (secondary N) is 1. The van der Waals surface area contributed by atoms with Gasteiger partial charge in [0.15, 0.2) is 0 Å². The van der Waals surface area contributed by atoms with Crippen molar-refractivity contribution < 1.29 is 22.4 Å². The molecule has 1 aromatic carbocycles. The maximum absolute atomic E-state index is 13.2. The topological polar surface area (TPSA) is 45.5 Å². The molecule has 0 saturated carbocycles. The van der Waals surface area contributed by atoms with Crippen molar-refractivity contribution in [1.82, 2.24) is 10.2 Å². The standard InChI is InChI=1S/C19H23F3N2O2/c1-13(2)11-24(12-15-7-6-10-26-15)18(25)23-14(3)16-8-4-5-9-17(16)19(20,21)22/h4-10,13-14H,11-12H2,1-3H3,(H,23,25). The van der Waals surface area contributed by atoms with Gasteiger partial charge in [-0.25, -0.2) is 4.79 Å². The van der Waals surface area contributed by atoms with Crippen molar-refractivity contribution in [2.75, 3.05) is 6.54 Å². The SMILES string of the molecule is CC(C)CN(Cc1ccco1)C(=O)NC(C)c1ccccc1C(F)(F)F. The van der Waals surface area contributed by atoms with E-state index >= 15 is 0 Å². The molecule has 0 aliphatic heterocycles. The Morgan fingerprint density at radius 3 is 2.42 bits per heavy atom. The zero-order valence-electron chi connectivity index (χ0n) is 15.0. The zero-order chi connectivity index (χ0) is 19.3. The highest BCUT2D eigenvalue weighted by Crippen LogP contribution is 2.34. The van der Waals surface area contributed by atoms with Crippen LogP contribution in [0.2, 0.25) is 0 Å². The third-order valence-electron chi connectivity index (χ3n) is 3.87. The molecule has 2 amide bonds. The highest BCUT2D eigenvalue weighted by molar-refractivity contribution is 5.74. The number of carbonyl (C=O) groups is 1. The van der Waals surface area contributed by atoms with Gasteiger partial charge in [0.1, 0.15) is 5.76 Å². The van der Waals surface area contributed by atoms with Crippen LogP contribution in [0.5, 0.6) is 0 Å². The first-order valence-electron chi connectivity index (χ1n) is 8.42. The van der Waals surface area contributed by atoms with Crippen molar-refractivity contribution >= 4 is 6.03 Å². The third kappa shape index (κ3) is 5.28. The fourth-order valence-electron chi connectivity index (χ4n) is 2.74. The molecule has 0 fully saturated rings. The largest absolute Gasteiger partial charge is 0.467 e. The molecule has 1 atom stereocenters. The Hall–Kier alpha value is -2.44. The van der Waals surface area contributed by atoms with Crippen LogP contribution in [0.4, 0.5) is 18.0 Å². The molecule has 2 rings (SSSR count). The number of amides is 2. The van der Waals surface area contributed by atoms with Gasteiger partial charge in [-0.05, 0) is 36.6 Å². The van der Waals surface area contributed by atoms with Crippen LogP contribution >= 0.6 is 0 Å². The molecule has 0 aliphatic carbocycles. The van der Waals surface area contributed by atoms with Gasteiger partial charge in [-0.2, -0.15) is 13.2 Å². The van der Waals surface area contributed by atoms with Gasteiger partial charge in [-0.15, -0.1) is 0 Å². The monoisotopic (exact) mass is 368 g/mol. The number of hydrogen-bond donors (Lipinski definition) is 1. The summed E-state index contributed by atoms with van der Waals surface area (Å²) in [5, 5.41) is 2.67. The Morgan fingerprint density at radius 2 is 1.85 bits per heavy atom. The normalized spacial score (nSPS) is 12.9. The van der Waals surface area contributed by atoms with Crippen molar-refractivity contribution in [2.24, 2.45) is 5.92 Å². The number of urea groups is 1. The van der Waals surface area contributed by atoms with Gasteiger partial charge in [-0.1, -0.05) is 32.0 Å². The molecule has 0 aliphatic rings. The smallest absolute Gasteiger partial charge is 0.416 e. The number of benzene rings is 1. The second-order valence-corrected chi connectivity index (χ2v) is 6.61. The first-order valence-corrected chi connectivity index (χ1v) is 8.42. The van der Waals surface area contributed by atoms with Crippen molar-refractivity contribution in [2.45, 2.75) is 39.5 Å². The molecule has 1 heterocycles. The Balaban J connectivity index is 2.15. The van der Waals surface area contributed by atoms with E-state index in [1.54, 1.807) is 19.1 Å². The van der Waals surface area contributed by atoms with Crippen LogP contribution in [0.1, 0.15) is 43.7 Å². The van der Waals surface area contributed by atoms with Crippen LogP contribution in [0.25, 0.3) is 0 Å². The first-order chi connectivity index (χ1) is 12.2. The molecule has 0 saturated heterocycles. The lowest BCUT2D eigenvalue weighted by molar-refractivity contribution is -0.138. The minimum Gasteiger partial charge on any atom is -0.467 e. The van der Waals surface area contributed by atoms with Gasteiger partial charge in [0.05, 0.1) is 24.4 Å². The summed E-state index contributed by atoms with van der Waals surface area (Å²) >= 11 is 0. The van der Waals surface area contributed by atoms with E-state index in [0.717, 1.165) is 6.07 Å². The zero-order valence-corrected chi connectivity index (χ0v) is 15.0. The Labute approximate surface area is 151 Å². The summed E-state index contributed by atoms with van der Waals surface area (Å²) in [6, 6.07) is 7.53. The predicted molar refractivity (Wildman–Crippen MR) is 92.3 cm³/mol. The van der Waals surface area contributed by atoms with Crippen LogP contribution in [0, 0.1) is 5.92 Å². The summed E-state index contributed by atoms with van der Waals surface area (Å²) in [7, 11) is 0. The predicted octanol–water partition coefficient (Wildman–Crippen LogP) is 5.23. The third-order valence-corrected chi connectivity index (χ3v) is 3.87. The van der Waals surface area contributed by atoms with Crippen LogP contribution in [-0.4, -0.2) is 17.5 Å². The van der Waals surface area contributed by atoms with Crippen molar-refractivity contribution in [3.05, 3.63) is 59.5 Å². The molecular weight excluding hydrogens is 345 g/mol. The van der Waals surface area contributed by atoms with Gasteiger partial charge in [0.2, 0.25) is 0 Å². The number of rotatable bonds is 6. The molecule has 0 radical (unpaired) electrons. The van der Waals surface area contributed by atoms with Crippen molar-refractivity contribution in [3.63, 3.8) is 0 Å². The van der Waals surface area contributed by atoms with Crippen molar-refractivity contribution in [1.29, 1.82) is 0 Å². The average molecular weight is 368 g/mol. The fraction of sp³-hybridized carbons (Fsp3) is 0.421. The number of alkyl halides is 3. The van der Waals surface area contributed by atoms with E-state index in [1.807, 2.05) is 13.8 Å². The van der Waals surface area contributed by atoms with Gasteiger partial charge in [0.25, 0.3) is 0 Å². The summed E-state index contributed by atoms with van der Waals surface area (Å²) in [5.74, 6) is 0.817. The highest BCUT2D eigenvalue weighted by Gasteiger charge is 2.34. The Morgan fingerprint density at radius 1 is 1.15 bits per heavy atom. The van der Waals surface area contributed by atoms with E-state index in [4.69, 9.17) is 4.42 Å². The molecule has 2 aromatic rings. The Bertz CT molecular complexity index is 712. The number of carbonyl (C=O) groups excluding carboxylic acids is 1. The number of nitrogens with zero attached hydrogens (tertiary/aromatic N) is 1. The van der Waals surface area contributed by atoms with E-state index in [-0.39, 0.29) is 18.0 Å². The molecule has 1 aromatic heterocycles. The minimum absolute atomic E-state index is 0.0378. The lowest BCUT2D eigenvalue weighted by Crippen LogP contribution is -2.42. The highest BCUT2D eigenvalue weighted by atomic mass is 19.4. The van der Waals surface area contributed by atoms with E-state index in [9.17, 15) is 18.0 Å². The lowest BCUT2D eigenvalue weighted by Gasteiger charge is -2.27. The van der Waals surface area contributed by atoms with Crippen LogP contribution < -0.4 is 5.32 Å². The van der Waals surface area contributed by atoms with Gasteiger partial charge in [0, 0.05) is 6.54 Å². The molecule has 142 valence electrons. The first kappa shape index (κ1) is 19.9. The molecule has 26 heavy (non-hydrogen) atoms. The number of halogens is 3. The van der Waals surface area contributed by atoms with Crippen LogP contribution in [0.3, 0.4) is 0 Å². The summed E-state index contributed by atoms with van der Waals surface area (Å²) < 4.78 is 44.9. The van der Waals surface area contributed by atoms with Crippen LogP contribution in [0.15, 0.2) is 47.1 Å². The molecule has 0 bridgehead atoms. The Kier molecular flexibility index (Phi) is 6.34. The van der Waals surface area contributed by atoms with Gasteiger partial charge >= 0.3 is 12.2 Å². The molecule has 1 unspecified atom stereocenters. The van der Waals surface area contributed by atoms with Crippen molar-refractivity contribution in [3.8, 4) is 0 Å². The summed E-state index contributed by atoms with van der Waals surface area (Å²) in [4.78, 5) is 14.2. The quantitative estimate of drug-likeness (QED) is 0.759. The average Bonchev–Trinajstić information content (AvgIpc) is 3.06. The maximum Gasteiger partial charge on any atom is 0.416 e. The maximum atomic E-state index is 13.2. The van der Waals surface area contributed by atoms with Gasteiger partial charge < -0.3 is 14.6 Å². The van der Waals surface area contributed by atoms with Crippen LogP contribution in [-0.2, 0) is 12.7 Å². The fourth-order valence-corrected chi connectivity index (χ4v) is 2.74. The molecule has 4 nitrogen and oxygen atoms in total. The van der Waals surface area contributed by atoms with E-state index < -0.39 is 23.8 Å². The van der Waals surface area contributed by atoms with E-state index in [0.29, 0.717) is 12.3 Å². The summed E-state index contributed by atoms with van der Waals surface area (Å²) in [5.41, 5.74) is -0.704. The number of hydrogen-bond acceptors (Lipinski definition) is 2. The summed E-state index contributed by atoms with van der Waals surface area (Å²) in [6.07, 6.45) is -2.95. The second-order valence-electron chi connectivity index (χ2n) is 6.61.